The van der Waals surface area contributed by atoms with Crippen molar-refractivity contribution in [1.29, 1.82) is 0 Å². The maximum atomic E-state index is 13.2. The number of likely N-dealkylation sites (tertiary alicyclic amines) is 1. The highest BCUT2D eigenvalue weighted by Crippen LogP contribution is 2.20. The molecule has 5 unspecified atom stereocenters. The molecule has 11 nitrogen and oxygen atoms in total. The minimum atomic E-state index is -1.50. The zero-order valence-electron chi connectivity index (χ0n) is 19.3. The quantitative estimate of drug-likeness (QED) is 0.211. The van der Waals surface area contributed by atoms with Crippen LogP contribution in [0.5, 0.6) is 0 Å². The van der Waals surface area contributed by atoms with Gasteiger partial charge in [0.25, 0.3) is 0 Å². The molecule has 0 radical (unpaired) electrons. The van der Waals surface area contributed by atoms with Crippen LogP contribution < -0.4 is 16.4 Å². The Morgan fingerprint density at radius 1 is 1.26 bits per heavy atom. The number of fused-ring (bicyclic) bond motifs is 1. The van der Waals surface area contributed by atoms with Gasteiger partial charge in [0, 0.05) is 29.4 Å². The molecule has 0 bridgehead atoms. The molecule has 3 amide bonds. The summed E-state index contributed by atoms with van der Waals surface area (Å²) in [4.78, 5) is 54.4. The molecule has 1 aliphatic heterocycles. The van der Waals surface area contributed by atoms with E-state index in [-0.39, 0.29) is 18.7 Å². The van der Waals surface area contributed by atoms with E-state index in [9.17, 15) is 29.4 Å². The topological polar surface area (TPSA) is 178 Å². The average molecular weight is 506 g/mol. The van der Waals surface area contributed by atoms with Crippen LogP contribution >= 0.6 is 12.6 Å². The molecule has 1 fully saturated rings. The van der Waals surface area contributed by atoms with Crippen LogP contribution in [0.15, 0.2) is 30.5 Å². The molecule has 7 N–H and O–H groups in total. The number of aliphatic hydroxyl groups excluding tert-OH is 1. The normalized spacial score (nSPS) is 19.1. The number of nitrogens with one attached hydrogen (secondary N) is 3. The summed E-state index contributed by atoms with van der Waals surface area (Å²) in [6.07, 6.45) is 1.60. The maximum Gasteiger partial charge on any atom is 0.328 e. The second-order valence-corrected chi connectivity index (χ2v) is 9.03. The number of carboxylic acid groups (broad SMARTS) is 1. The van der Waals surface area contributed by atoms with Crippen molar-refractivity contribution in [2.24, 2.45) is 5.73 Å². The molecule has 1 aromatic carbocycles. The third kappa shape index (κ3) is 6.13. The number of carbonyl (C=O) groups excluding carboxylic acids is 3. The highest BCUT2D eigenvalue weighted by atomic mass is 32.1. The number of carbonyl (C=O) groups is 4. The van der Waals surface area contributed by atoms with Crippen molar-refractivity contribution in [3.05, 3.63) is 36.0 Å². The van der Waals surface area contributed by atoms with Crippen molar-refractivity contribution in [3.8, 4) is 0 Å². The summed E-state index contributed by atoms with van der Waals surface area (Å²) < 4.78 is 0. The van der Waals surface area contributed by atoms with Crippen LogP contribution in [0.2, 0.25) is 0 Å². The van der Waals surface area contributed by atoms with Crippen molar-refractivity contribution in [3.63, 3.8) is 0 Å². The molecule has 1 saturated heterocycles. The number of aromatic nitrogens is 1. The number of aliphatic carboxylic acids is 1. The summed E-state index contributed by atoms with van der Waals surface area (Å²) in [6.45, 7) is 1.52. The summed E-state index contributed by atoms with van der Waals surface area (Å²) in [5.74, 6) is -3.10. The number of H-pyrrole nitrogens is 1. The molecule has 190 valence electrons. The molecule has 3 rings (SSSR count). The minimum Gasteiger partial charge on any atom is -0.480 e. The van der Waals surface area contributed by atoms with Gasteiger partial charge in [0.2, 0.25) is 17.7 Å². The van der Waals surface area contributed by atoms with Crippen LogP contribution in [0.3, 0.4) is 0 Å². The smallest absolute Gasteiger partial charge is 0.328 e. The Balaban J connectivity index is 1.64. The van der Waals surface area contributed by atoms with Gasteiger partial charge in [0.05, 0.1) is 12.1 Å². The Bertz CT molecular complexity index is 1090. The zero-order chi connectivity index (χ0) is 25.7. The van der Waals surface area contributed by atoms with Crippen molar-refractivity contribution in [2.45, 2.75) is 56.5 Å². The van der Waals surface area contributed by atoms with E-state index in [1.807, 2.05) is 24.3 Å². The molecular formula is C23H31N5O6S. The molecule has 0 spiro atoms. The number of thiol groups is 1. The lowest BCUT2D eigenvalue weighted by Gasteiger charge is -2.29. The van der Waals surface area contributed by atoms with Gasteiger partial charge in [-0.25, -0.2) is 4.79 Å². The first-order valence-electron chi connectivity index (χ1n) is 11.4. The number of aromatic amines is 1. The van der Waals surface area contributed by atoms with E-state index in [2.05, 4.69) is 28.2 Å². The van der Waals surface area contributed by atoms with Crippen molar-refractivity contribution in [2.75, 3.05) is 12.3 Å². The van der Waals surface area contributed by atoms with Gasteiger partial charge in [0.15, 0.2) is 6.04 Å². The fourth-order valence-corrected chi connectivity index (χ4v) is 4.48. The lowest BCUT2D eigenvalue weighted by Crippen LogP contribution is -2.58. The highest BCUT2D eigenvalue weighted by molar-refractivity contribution is 7.80. The molecule has 2 heterocycles. The Labute approximate surface area is 207 Å². The molecule has 1 aromatic heterocycles. The zero-order valence-corrected chi connectivity index (χ0v) is 20.2. The van der Waals surface area contributed by atoms with Crippen molar-refractivity contribution in [1.82, 2.24) is 20.5 Å². The van der Waals surface area contributed by atoms with Crippen LogP contribution in [0.25, 0.3) is 10.9 Å². The van der Waals surface area contributed by atoms with Gasteiger partial charge in [-0.3, -0.25) is 14.4 Å². The number of hydrogen-bond donors (Lipinski definition) is 7. The van der Waals surface area contributed by atoms with Gasteiger partial charge in [-0.05, 0) is 37.8 Å². The van der Waals surface area contributed by atoms with Gasteiger partial charge in [-0.15, -0.1) is 0 Å². The number of hydrogen-bond acceptors (Lipinski definition) is 7. The number of amides is 3. The van der Waals surface area contributed by atoms with Gasteiger partial charge >= 0.3 is 5.97 Å². The minimum absolute atomic E-state index is 0.0133. The third-order valence-electron chi connectivity index (χ3n) is 6.13. The van der Waals surface area contributed by atoms with Crippen molar-refractivity contribution >= 4 is 47.2 Å². The molecule has 0 saturated carbocycles. The van der Waals surface area contributed by atoms with Gasteiger partial charge < -0.3 is 36.5 Å². The standard InChI is InChI=1S/C23H31N5O6S/c1-12(29)19(23(33)34)27-21(31)18-7-4-8-28(18)22(32)17(11-35)26-20(30)15(24)9-13-10-25-16-6-3-2-5-14(13)16/h2-3,5-6,10,12,15,17-19,25,29,35H,4,7-9,11,24H2,1H3,(H,26,30)(H,27,31)(H,33,34). The first-order valence-corrected chi connectivity index (χ1v) is 12.0. The van der Waals surface area contributed by atoms with Crippen LogP contribution in [-0.4, -0.2) is 86.4 Å². The van der Waals surface area contributed by atoms with E-state index in [4.69, 9.17) is 5.73 Å². The van der Waals surface area contributed by atoms with Crippen LogP contribution in [-0.2, 0) is 25.6 Å². The van der Waals surface area contributed by atoms with Gasteiger partial charge in [0.1, 0.15) is 12.1 Å². The number of carboxylic acids is 1. The SMILES string of the molecule is CC(O)C(NC(=O)C1CCCN1C(=O)C(CS)NC(=O)C(N)Cc1c[nH]c2ccccc12)C(=O)O. The van der Waals surface area contributed by atoms with E-state index in [0.717, 1.165) is 16.5 Å². The molecule has 2 aromatic rings. The Hall–Kier alpha value is -3.09. The van der Waals surface area contributed by atoms with E-state index in [0.29, 0.717) is 12.8 Å². The number of benzene rings is 1. The molecular weight excluding hydrogens is 474 g/mol. The summed E-state index contributed by atoms with van der Waals surface area (Å²) in [7, 11) is 0. The summed E-state index contributed by atoms with van der Waals surface area (Å²) in [5.41, 5.74) is 7.93. The van der Waals surface area contributed by atoms with E-state index in [1.54, 1.807) is 6.20 Å². The molecule has 5 atom stereocenters. The molecule has 0 aliphatic carbocycles. The van der Waals surface area contributed by atoms with E-state index < -0.39 is 54.0 Å². The van der Waals surface area contributed by atoms with Crippen LogP contribution in [0, 0.1) is 0 Å². The first kappa shape index (κ1) is 26.5. The summed E-state index contributed by atoms with van der Waals surface area (Å²) in [6, 6.07) is 3.30. The Kier molecular flexibility index (Phi) is 8.76. The summed E-state index contributed by atoms with van der Waals surface area (Å²) >= 11 is 4.20. The fraction of sp³-hybridized carbons (Fsp3) is 0.478. The van der Waals surface area contributed by atoms with Gasteiger partial charge in [-0.1, -0.05) is 18.2 Å². The predicted octanol–water partition coefficient (Wildman–Crippen LogP) is -0.606. The molecule has 35 heavy (non-hydrogen) atoms. The average Bonchev–Trinajstić information content (AvgIpc) is 3.47. The number of para-hydroxylation sites is 1. The first-order chi connectivity index (χ1) is 16.6. The largest absolute Gasteiger partial charge is 0.480 e. The van der Waals surface area contributed by atoms with Crippen LogP contribution in [0.1, 0.15) is 25.3 Å². The van der Waals surface area contributed by atoms with Crippen molar-refractivity contribution < 1.29 is 29.4 Å². The fourth-order valence-electron chi connectivity index (χ4n) is 4.24. The second kappa shape index (κ2) is 11.6. The third-order valence-corrected chi connectivity index (χ3v) is 6.50. The predicted molar refractivity (Wildman–Crippen MR) is 132 cm³/mol. The monoisotopic (exact) mass is 505 g/mol. The lowest BCUT2D eigenvalue weighted by molar-refractivity contribution is -0.147. The second-order valence-electron chi connectivity index (χ2n) is 8.67. The Morgan fingerprint density at radius 3 is 2.63 bits per heavy atom. The van der Waals surface area contributed by atoms with E-state index in [1.165, 1.54) is 11.8 Å². The number of aliphatic hydroxyl groups is 1. The number of nitrogens with two attached hydrogens (primary N) is 1. The number of rotatable bonds is 10. The van der Waals surface area contributed by atoms with Gasteiger partial charge in [-0.2, -0.15) is 12.6 Å². The van der Waals surface area contributed by atoms with E-state index >= 15 is 0 Å². The lowest BCUT2D eigenvalue weighted by atomic mass is 10.0. The molecule has 12 heteroatoms. The summed E-state index contributed by atoms with van der Waals surface area (Å²) in [5, 5.41) is 24.7. The maximum absolute atomic E-state index is 13.2. The molecule has 1 aliphatic rings. The van der Waals surface area contributed by atoms with Crippen LogP contribution in [0.4, 0.5) is 0 Å². The number of nitrogens with zero attached hydrogens (tertiary/aromatic N) is 1. The highest BCUT2D eigenvalue weighted by Gasteiger charge is 2.39. The Morgan fingerprint density at radius 2 is 1.97 bits per heavy atom.